The summed E-state index contributed by atoms with van der Waals surface area (Å²) in [6, 6.07) is 14.1. The van der Waals surface area contributed by atoms with Crippen molar-refractivity contribution < 1.29 is 23.6 Å². The molecule has 1 saturated heterocycles. The highest BCUT2D eigenvalue weighted by Gasteiger charge is 2.54. The second-order valence-electron chi connectivity index (χ2n) is 8.29. The Morgan fingerprint density at radius 3 is 2.67 bits per heavy atom. The number of nitrogens with one attached hydrogen (secondary N) is 3. The van der Waals surface area contributed by atoms with Gasteiger partial charge in [-0.2, -0.15) is 0 Å². The van der Waals surface area contributed by atoms with Gasteiger partial charge in [0.1, 0.15) is 17.7 Å². The molecular formula is C24H22N4O5. The number of para-hydroxylation sites is 1. The second-order valence-corrected chi connectivity index (χ2v) is 8.29. The zero-order chi connectivity index (χ0) is 23.2. The van der Waals surface area contributed by atoms with Gasteiger partial charge in [-0.25, -0.2) is 4.79 Å². The number of imide groups is 1. The first-order valence-corrected chi connectivity index (χ1v) is 10.7. The quantitative estimate of drug-likeness (QED) is 0.421. The predicted octanol–water partition coefficient (Wildman–Crippen LogP) is 2.29. The molecule has 5 amide bonds. The molecule has 1 aromatic heterocycles. The van der Waals surface area contributed by atoms with Crippen molar-refractivity contribution in [3.8, 4) is 0 Å². The minimum Gasteiger partial charge on any atom is -0.451 e. The maximum Gasteiger partial charge on any atom is 0.325 e. The highest BCUT2D eigenvalue weighted by atomic mass is 16.3. The molecule has 0 radical (unpaired) electrons. The fourth-order valence-electron chi connectivity index (χ4n) is 4.71. The lowest BCUT2D eigenvalue weighted by Crippen LogP contribution is -2.49. The van der Waals surface area contributed by atoms with E-state index in [0.29, 0.717) is 17.6 Å². The number of hydrogen-bond donors (Lipinski definition) is 3. The fourth-order valence-corrected chi connectivity index (χ4v) is 4.71. The van der Waals surface area contributed by atoms with Crippen LogP contribution in [0, 0.1) is 6.92 Å². The van der Waals surface area contributed by atoms with Gasteiger partial charge in [0, 0.05) is 10.9 Å². The molecule has 1 unspecified atom stereocenters. The first kappa shape index (κ1) is 20.7. The van der Waals surface area contributed by atoms with Crippen LogP contribution in [0.2, 0.25) is 0 Å². The molecule has 0 bridgehead atoms. The van der Waals surface area contributed by atoms with Gasteiger partial charge in [-0.3, -0.25) is 30.1 Å². The number of hydrogen-bond acceptors (Lipinski definition) is 5. The van der Waals surface area contributed by atoms with Gasteiger partial charge in [-0.1, -0.05) is 42.5 Å². The van der Waals surface area contributed by atoms with E-state index in [-0.39, 0.29) is 5.76 Å². The Kier molecular flexibility index (Phi) is 4.88. The predicted molar refractivity (Wildman–Crippen MR) is 118 cm³/mol. The van der Waals surface area contributed by atoms with Crippen molar-refractivity contribution >= 4 is 34.7 Å². The Morgan fingerprint density at radius 1 is 1.09 bits per heavy atom. The van der Waals surface area contributed by atoms with Gasteiger partial charge < -0.3 is 9.73 Å². The van der Waals surface area contributed by atoms with Crippen LogP contribution in [-0.4, -0.2) is 35.2 Å². The van der Waals surface area contributed by atoms with Crippen molar-refractivity contribution in [1.82, 2.24) is 21.1 Å². The molecule has 1 aliphatic heterocycles. The molecular weight excluding hydrogens is 424 g/mol. The highest BCUT2D eigenvalue weighted by Crippen LogP contribution is 2.39. The van der Waals surface area contributed by atoms with Gasteiger partial charge in [-0.15, -0.1) is 0 Å². The molecule has 168 valence electrons. The number of benzene rings is 2. The number of hydrazine groups is 1. The molecule has 9 heteroatoms. The number of fused-ring (bicyclic) bond motifs is 3. The molecule has 2 aromatic carbocycles. The van der Waals surface area contributed by atoms with Crippen LogP contribution >= 0.6 is 0 Å². The third-order valence-electron chi connectivity index (χ3n) is 6.32. The van der Waals surface area contributed by atoms with Gasteiger partial charge in [0.05, 0.1) is 0 Å². The molecule has 3 N–H and O–H groups in total. The molecule has 33 heavy (non-hydrogen) atoms. The van der Waals surface area contributed by atoms with Crippen molar-refractivity contribution in [2.45, 2.75) is 31.7 Å². The van der Waals surface area contributed by atoms with Gasteiger partial charge in [-0.05, 0) is 43.4 Å². The van der Waals surface area contributed by atoms with Crippen molar-refractivity contribution in [3.63, 3.8) is 0 Å². The van der Waals surface area contributed by atoms with Gasteiger partial charge >= 0.3 is 11.9 Å². The summed E-state index contributed by atoms with van der Waals surface area (Å²) in [4.78, 5) is 51.7. The maximum absolute atomic E-state index is 13.3. The Labute approximate surface area is 189 Å². The zero-order valence-corrected chi connectivity index (χ0v) is 17.9. The number of rotatable bonds is 3. The average molecular weight is 446 g/mol. The Balaban J connectivity index is 1.27. The van der Waals surface area contributed by atoms with Crippen molar-refractivity contribution in [1.29, 1.82) is 0 Å². The maximum atomic E-state index is 13.3. The molecule has 1 aliphatic carbocycles. The molecule has 0 saturated carbocycles. The van der Waals surface area contributed by atoms with E-state index in [4.69, 9.17) is 4.42 Å². The third kappa shape index (κ3) is 3.32. The Morgan fingerprint density at radius 2 is 1.85 bits per heavy atom. The Hall–Kier alpha value is -4.14. The number of amides is 5. The first-order chi connectivity index (χ1) is 15.9. The van der Waals surface area contributed by atoms with E-state index >= 15 is 0 Å². The van der Waals surface area contributed by atoms with Crippen LogP contribution in [0.15, 0.2) is 52.9 Å². The summed E-state index contributed by atoms with van der Waals surface area (Å²) >= 11 is 0. The molecule has 2 heterocycles. The summed E-state index contributed by atoms with van der Waals surface area (Å²) in [6.45, 7) is 1.23. The van der Waals surface area contributed by atoms with Crippen LogP contribution in [0.4, 0.5) is 4.79 Å². The van der Waals surface area contributed by atoms with E-state index < -0.39 is 35.8 Å². The van der Waals surface area contributed by atoms with Crippen LogP contribution in [0.5, 0.6) is 0 Å². The number of furan rings is 1. The van der Waals surface area contributed by atoms with Crippen LogP contribution < -0.4 is 16.2 Å². The van der Waals surface area contributed by atoms with Crippen molar-refractivity contribution in [2.24, 2.45) is 0 Å². The van der Waals surface area contributed by atoms with Crippen LogP contribution in [0.25, 0.3) is 11.0 Å². The van der Waals surface area contributed by atoms with Gasteiger partial charge in [0.15, 0.2) is 5.76 Å². The number of aryl methyl sites for hydroxylation is 2. The summed E-state index contributed by atoms with van der Waals surface area (Å²) in [6.07, 6.45) is 2.04. The molecule has 1 fully saturated rings. The minimum absolute atomic E-state index is 0.0734. The average Bonchev–Trinajstić information content (AvgIpc) is 3.28. The van der Waals surface area contributed by atoms with E-state index in [2.05, 4.69) is 16.2 Å². The van der Waals surface area contributed by atoms with E-state index in [0.717, 1.165) is 34.3 Å². The topological polar surface area (TPSA) is 121 Å². The monoisotopic (exact) mass is 446 g/mol. The van der Waals surface area contributed by atoms with E-state index in [1.807, 2.05) is 36.4 Å². The Bertz CT molecular complexity index is 1310. The van der Waals surface area contributed by atoms with E-state index in [1.165, 1.54) is 0 Å². The number of urea groups is 1. The third-order valence-corrected chi connectivity index (χ3v) is 6.32. The smallest absolute Gasteiger partial charge is 0.325 e. The summed E-state index contributed by atoms with van der Waals surface area (Å²) in [7, 11) is 0. The summed E-state index contributed by atoms with van der Waals surface area (Å²) in [5.41, 5.74) is 6.38. The standard InChI is InChI=1S/C24H22N4O5/c1-14-16-9-3-5-11-18(16)33-20(14)21(30)27-26-19(29)13-28-22(31)24(25-23(28)32)12-6-8-15-7-2-4-10-17(15)24/h2-5,7,9-11H,6,8,12-13H2,1H3,(H,25,32)(H,26,29)(H,27,30). The lowest BCUT2D eigenvalue weighted by Gasteiger charge is -2.33. The summed E-state index contributed by atoms with van der Waals surface area (Å²) in [5.74, 6) is -1.73. The van der Waals surface area contributed by atoms with Crippen LogP contribution in [-0.2, 0) is 21.5 Å². The minimum atomic E-state index is -1.15. The first-order valence-electron chi connectivity index (χ1n) is 10.7. The molecule has 5 rings (SSSR count). The van der Waals surface area contributed by atoms with Crippen LogP contribution in [0.1, 0.15) is 40.1 Å². The second kappa shape index (κ2) is 7.77. The molecule has 1 atom stereocenters. The molecule has 3 aromatic rings. The van der Waals surface area contributed by atoms with Crippen molar-refractivity contribution in [3.05, 3.63) is 71.0 Å². The van der Waals surface area contributed by atoms with Gasteiger partial charge in [0.25, 0.3) is 11.8 Å². The van der Waals surface area contributed by atoms with E-state index in [1.54, 1.807) is 19.1 Å². The largest absolute Gasteiger partial charge is 0.451 e. The van der Waals surface area contributed by atoms with Gasteiger partial charge in [0.2, 0.25) is 0 Å². The SMILES string of the molecule is Cc1c(C(=O)NNC(=O)CN2C(=O)NC3(CCCc4ccccc43)C2=O)oc2ccccc12. The number of carbonyl (C=O) groups excluding carboxylic acids is 4. The molecule has 1 spiro atoms. The zero-order valence-electron chi connectivity index (χ0n) is 17.9. The number of carbonyl (C=O) groups is 4. The fraction of sp³-hybridized carbons (Fsp3) is 0.250. The molecule has 2 aliphatic rings. The normalized spacial score (nSPS) is 19.5. The summed E-state index contributed by atoms with van der Waals surface area (Å²) in [5, 5.41) is 3.60. The van der Waals surface area contributed by atoms with Crippen LogP contribution in [0.3, 0.4) is 0 Å². The van der Waals surface area contributed by atoms with E-state index in [9.17, 15) is 19.2 Å². The molecule has 9 nitrogen and oxygen atoms in total. The lowest BCUT2D eigenvalue weighted by molar-refractivity contribution is -0.135. The number of nitrogens with zero attached hydrogens (tertiary/aromatic N) is 1. The van der Waals surface area contributed by atoms with Crippen molar-refractivity contribution in [2.75, 3.05) is 6.54 Å². The highest BCUT2D eigenvalue weighted by molar-refractivity contribution is 6.10. The lowest BCUT2D eigenvalue weighted by atomic mass is 9.76. The summed E-state index contributed by atoms with van der Waals surface area (Å²) < 4.78 is 5.58.